The summed E-state index contributed by atoms with van der Waals surface area (Å²) in [6.45, 7) is 3.02. The fourth-order valence-corrected chi connectivity index (χ4v) is 5.17. The van der Waals surface area contributed by atoms with Crippen molar-refractivity contribution in [3.05, 3.63) is 69.6 Å². The molecule has 0 bridgehead atoms. The first-order valence-corrected chi connectivity index (χ1v) is 14.2. The number of hydrogen-bond acceptors (Lipinski definition) is 7. The third-order valence-electron chi connectivity index (χ3n) is 4.46. The molecule has 0 aliphatic heterocycles. The van der Waals surface area contributed by atoms with Crippen LogP contribution in [0.1, 0.15) is 11.4 Å². The third-order valence-corrected chi connectivity index (χ3v) is 7.66. The number of nitrogens with one attached hydrogen (secondary N) is 2. The van der Waals surface area contributed by atoms with Gasteiger partial charge in [-0.05, 0) is 91.0 Å². The molecule has 13 heteroatoms. The first-order chi connectivity index (χ1) is 15.8. The van der Waals surface area contributed by atoms with E-state index >= 15 is 0 Å². The molecule has 34 heavy (non-hydrogen) atoms. The first-order valence-electron chi connectivity index (χ1n) is 9.82. The Morgan fingerprint density at radius 1 is 0.941 bits per heavy atom. The molecular weight excluding hydrogens is 593 g/mol. The number of hydrogen-bond donors (Lipinski definition) is 2. The van der Waals surface area contributed by atoms with E-state index in [-0.39, 0.29) is 10.8 Å². The molecule has 0 spiro atoms. The number of aromatic nitrogens is 2. The van der Waals surface area contributed by atoms with Gasteiger partial charge in [0.1, 0.15) is 6.54 Å². The van der Waals surface area contributed by atoms with E-state index in [9.17, 15) is 21.6 Å². The van der Waals surface area contributed by atoms with Crippen molar-refractivity contribution < 1.29 is 21.6 Å². The normalized spacial score (nSPS) is 11.6. The summed E-state index contributed by atoms with van der Waals surface area (Å²) in [4.78, 5) is 20.6. The van der Waals surface area contributed by atoms with Crippen LogP contribution < -0.4 is 14.3 Å². The number of carbonyl (C=O) groups excluding carboxylic acids is 1. The molecule has 10 nitrogen and oxygen atoms in total. The zero-order valence-electron chi connectivity index (χ0n) is 18.5. The number of nitrogens with zero attached hydrogens (tertiary/aromatic N) is 3. The Bertz CT molecular complexity index is 1390. The SMILES string of the molecule is Cc1cc(C)nc(NS(=O)(=O)c2ccc(NC(=O)CN(c3ccc(I)cc3)S(C)(=O)=O)cc2)n1. The highest BCUT2D eigenvalue weighted by atomic mass is 127. The Kier molecular flexibility index (Phi) is 7.77. The number of benzene rings is 2. The Morgan fingerprint density at radius 3 is 2.03 bits per heavy atom. The van der Waals surface area contributed by atoms with Crippen LogP contribution in [0.25, 0.3) is 0 Å². The van der Waals surface area contributed by atoms with Gasteiger partial charge in [-0.15, -0.1) is 0 Å². The predicted octanol–water partition coefficient (Wildman–Crippen LogP) is 2.90. The summed E-state index contributed by atoms with van der Waals surface area (Å²) in [6.07, 6.45) is 1.02. The molecule has 3 aromatic rings. The number of anilines is 3. The average molecular weight is 615 g/mol. The van der Waals surface area contributed by atoms with Crippen molar-refractivity contribution in [2.24, 2.45) is 0 Å². The van der Waals surface area contributed by atoms with E-state index in [2.05, 4.69) is 42.6 Å². The molecule has 0 atom stereocenters. The maximum absolute atomic E-state index is 12.6. The zero-order valence-corrected chi connectivity index (χ0v) is 22.3. The van der Waals surface area contributed by atoms with Gasteiger partial charge in [-0.3, -0.25) is 9.10 Å². The molecule has 0 fully saturated rings. The molecule has 2 N–H and O–H groups in total. The van der Waals surface area contributed by atoms with Crippen molar-refractivity contribution in [3.8, 4) is 0 Å². The van der Waals surface area contributed by atoms with Crippen LogP contribution in [0, 0.1) is 17.4 Å². The van der Waals surface area contributed by atoms with Crippen molar-refractivity contribution in [3.63, 3.8) is 0 Å². The molecule has 0 aliphatic rings. The van der Waals surface area contributed by atoms with E-state index in [1.54, 1.807) is 44.2 Å². The first kappa shape index (κ1) is 25.8. The lowest BCUT2D eigenvalue weighted by Crippen LogP contribution is -2.37. The summed E-state index contributed by atoms with van der Waals surface area (Å²) in [5, 5.41) is 2.58. The van der Waals surface area contributed by atoms with Crippen molar-refractivity contribution in [1.82, 2.24) is 9.97 Å². The minimum atomic E-state index is -3.95. The molecular formula is C21H22IN5O5S2. The lowest BCUT2D eigenvalue weighted by atomic mass is 10.3. The quantitative estimate of drug-likeness (QED) is 0.372. The third kappa shape index (κ3) is 6.87. The summed E-state index contributed by atoms with van der Waals surface area (Å²) in [5.74, 6) is -0.618. The summed E-state index contributed by atoms with van der Waals surface area (Å²) in [7, 11) is -7.66. The van der Waals surface area contributed by atoms with Gasteiger partial charge < -0.3 is 5.32 Å². The van der Waals surface area contributed by atoms with Crippen LogP contribution in [0.3, 0.4) is 0 Å². The number of halogens is 1. The van der Waals surface area contributed by atoms with Crippen molar-refractivity contribution in [2.75, 3.05) is 27.1 Å². The molecule has 1 amide bonds. The summed E-state index contributed by atoms with van der Waals surface area (Å²) < 4.78 is 54.0. The second-order valence-corrected chi connectivity index (χ2v) is 12.2. The number of amides is 1. The van der Waals surface area contributed by atoms with Gasteiger partial charge in [0.15, 0.2) is 0 Å². The van der Waals surface area contributed by atoms with Gasteiger partial charge in [0, 0.05) is 20.6 Å². The summed E-state index contributed by atoms with van der Waals surface area (Å²) in [6, 6.07) is 13.9. The Balaban J connectivity index is 1.71. The van der Waals surface area contributed by atoms with Gasteiger partial charge in [0.2, 0.25) is 21.9 Å². The van der Waals surface area contributed by atoms with E-state index < -0.39 is 32.5 Å². The minimum Gasteiger partial charge on any atom is -0.325 e. The van der Waals surface area contributed by atoms with Gasteiger partial charge in [0.25, 0.3) is 10.0 Å². The molecule has 3 rings (SSSR count). The van der Waals surface area contributed by atoms with E-state index in [1.165, 1.54) is 24.3 Å². The van der Waals surface area contributed by atoms with Crippen LogP contribution in [0.15, 0.2) is 59.5 Å². The van der Waals surface area contributed by atoms with Crippen LogP contribution in [-0.2, 0) is 24.8 Å². The van der Waals surface area contributed by atoms with Crippen molar-refractivity contribution in [1.29, 1.82) is 0 Å². The maximum Gasteiger partial charge on any atom is 0.264 e. The molecule has 0 saturated heterocycles. The molecule has 0 saturated carbocycles. The Labute approximate surface area is 212 Å². The number of rotatable bonds is 8. The number of sulfonamides is 2. The lowest BCUT2D eigenvalue weighted by molar-refractivity contribution is -0.114. The highest BCUT2D eigenvalue weighted by Crippen LogP contribution is 2.20. The minimum absolute atomic E-state index is 0.0358. The zero-order chi connectivity index (χ0) is 25.1. The highest BCUT2D eigenvalue weighted by Gasteiger charge is 2.21. The summed E-state index contributed by atoms with van der Waals surface area (Å²) in [5.41, 5.74) is 1.91. The second-order valence-electron chi connectivity index (χ2n) is 7.40. The molecule has 180 valence electrons. The Hall–Kier alpha value is -2.78. The van der Waals surface area contributed by atoms with Crippen LogP contribution in [-0.4, -0.2) is 45.5 Å². The van der Waals surface area contributed by atoms with E-state index in [0.29, 0.717) is 22.8 Å². The number of aryl methyl sites for hydroxylation is 2. The van der Waals surface area contributed by atoms with Gasteiger partial charge in [-0.2, -0.15) is 0 Å². The molecule has 0 radical (unpaired) electrons. The van der Waals surface area contributed by atoms with Crippen LogP contribution in [0.5, 0.6) is 0 Å². The van der Waals surface area contributed by atoms with Crippen LogP contribution in [0.2, 0.25) is 0 Å². The molecule has 1 aromatic heterocycles. The largest absolute Gasteiger partial charge is 0.325 e. The van der Waals surface area contributed by atoms with E-state index in [0.717, 1.165) is 14.1 Å². The fraction of sp³-hybridized carbons (Fsp3) is 0.190. The Morgan fingerprint density at radius 2 is 1.50 bits per heavy atom. The number of carbonyl (C=O) groups is 1. The maximum atomic E-state index is 12.6. The fourth-order valence-electron chi connectivity index (χ4n) is 3.01. The van der Waals surface area contributed by atoms with Gasteiger partial charge in [0.05, 0.1) is 16.8 Å². The van der Waals surface area contributed by atoms with Gasteiger partial charge in [-0.1, -0.05) is 0 Å². The second kappa shape index (κ2) is 10.2. The van der Waals surface area contributed by atoms with E-state index in [4.69, 9.17) is 0 Å². The standard InChI is InChI=1S/C21H22IN5O5S2/c1-14-12-15(2)24-21(23-14)26-34(31,32)19-10-6-17(7-11-19)25-20(28)13-27(33(3,29)30)18-8-4-16(22)5-9-18/h4-12H,13H2,1-3H3,(H,25,28)(H,23,24,26). The predicted molar refractivity (Wildman–Crippen MR) is 139 cm³/mol. The smallest absolute Gasteiger partial charge is 0.264 e. The molecule has 1 heterocycles. The van der Waals surface area contributed by atoms with Crippen LogP contribution >= 0.6 is 22.6 Å². The monoisotopic (exact) mass is 615 g/mol. The molecule has 0 unspecified atom stereocenters. The van der Waals surface area contributed by atoms with Gasteiger partial charge in [-0.25, -0.2) is 31.5 Å². The van der Waals surface area contributed by atoms with Crippen molar-refractivity contribution in [2.45, 2.75) is 18.7 Å². The van der Waals surface area contributed by atoms with Gasteiger partial charge >= 0.3 is 0 Å². The summed E-state index contributed by atoms with van der Waals surface area (Å²) >= 11 is 2.10. The lowest BCUT2D eigenvalue weighted by Gasteiger charge is -2.22. The van der Waals surface area contributed by atoms with E-state index in [1.807, 2.05) is 0 Å². The topological polar surface area (TPSA) is 138 Å². The highest BCUT2D eigenvalue weighted by molar-refractivity contribution is 14.1. The molecule has 2 aromatic carbocycles. The average Bonchev–Trinajstić information content (AvgIpc) is 2.71. The molecule has 0 aliphatic carbocycles. The van der Waals surface area contributed by atoms with Crippen LogP contribution in [0.4, 0.5) is 17.3 Å². The van der Waals surface area contributed by atoms with Crippen molar-refractivity contribution >= 4 is 65.9 Å².